The second-order valence-corrected chi connectivity index (χ2v) is 7.26. The zero-order valence-corrected chi connectivity index (χ0v) is 16.1. The molecular weight excluding hydrogens is 382 g/mol. The fraction of sp³-hybridized carbons (Fsp3) is 0.105. The number of anilines is 1. The highest BCUT2D eigenvalue weighted by molar-refractivity contribution is 8.26. The second-order valence-electron chi connectivity index (χ2n) is 5.58. The average molecular weight is 399 g/mol. The number of carbonyl (C=O) groups excluding carboxylic acids is 2. The van der Waals surface area contributed by atoms with Crippen LogP contribution in [0.2, 0.25) is 0 Å². The minimum atomic E-state index is -0.363. The normalized spacial score (nSPS) is 15.1. The molecule has 138 valence electrons. The number of hydrazine groups is 1. The lowest BCUT2D eigenvalue weighted by Crippen LogP contribution is -2.41. The molecule has 0 aromatic heterocycles. The first-order chi connectivity index (χ1) is 13.1. The summed E-state index contributed by atoms with van der Waals surface area (Å²) in [7, 11) is 1.58. The Morgan fingerprint density at radius 3 is 2.74 bits per heavy atom. The Morgan fingerprint density at radius 1 is 1.22 bits per heavy atom. The third-order valence-corrected chi connectivity index (χ3v) is 5.06. The van der Waals surface area contributed by atoms with Gasteiger partial charge in [-0.05, 0) is 35.9 Å². The molecule has 0 saturated carbocycles. The lowest BCUT2D eigenvalue weighted by atomic mass is 10.2. The van der Waals surface area contributed by atoms with Gasteiger partial charge in [-0.1, -0.05) is 54.3 Å². The van der Waals surface area contributed by atoms with Gasteiger partial charge >= 0.3 is 0 Å². The maximum Gasteiger partial charge on any atom is 0.266 e. The molecule has 2 N–H and O–H groups in total. The van der Waals surface area contributed by atoms with E-state index >= 15 is 0 Å². The summed E-state index contributed by atoms with van der Waals surface area (Å²) < 4.78 is 5.54. The van der Waals surface area contributed by atoms with Crippen LogP contribution >= 0.6 is 24.0 Å². The molecule has 1 heterocycles. The average Bonchev–Trinajstić information content (AvgIpc) is 2.94. The topological polar surface area (TPSA) is 70.7 Å². The van der Waals surface area contributed by atoms with Crippen LogP contribution in [-0.2, 0) is 9.59 Å². The van der Waals surface area contributed by atoms with Crippen LogP contribution < -0.4 is 15.6 Å². The predicted molar refractivity (Wildman–Crippen MR) is 111 cm³/mol. The molecule has 0 atom stereocenters. The molecule has 2 amide bonds. The van der Waals surface area contributed by atoms with E-state index in [0.29, 0.717) is 15.0 Å². The van der Waals surface area contributed by atoms with Crippen LogP contribution in [0.25, 0.3) is 6.08 Å². The first kappa shape index (κ1) is 18.9. The molecule has 8 heteroatoms. The van der Waals surface area contributed by atoms with Crippen molar-refractivity contribution in [3.8, 4) is 5.75 Å². The monoisotopic (exact) mass is 399 g/mol. The minimum Gasteiger partial charge on any atom is -0.497 e. The van der Waals surface area contributed by atoms with Gasteiger partial charge in [-0.25, -0.2) is 0 Å². The summed E-state index contributed by atoms with van der Waals surface area (Å²) in [6, 6.07) is 16.6. The van der Waals surface area contributed by atoms with Gasteiger partial charge in [0.25, 0.3) is 11.8 Å². The summed E-state index contributed by atoms with van der Waals surface area (Å²) in [5.41, 5.74) is 6.92. The van der Waals surface area contributed by atoms with Gasteiger partial charge in [0.1, 0.15) is 16.6 Å². The van der Waals surface area contributed by atoms with Crippen LogP contribution in [-0.4, -0.2) is 34.7 Å². The van der Waals surface area contributed by atoms with Gasteiger partial charge < -0.3 is 4.74 Å². The van der Waals surface area contributed by atoms with Crippen molar-refractivity contribution in [2.45, 2.75) is 0 Å². The van der Waals surface area contributed by atoms with E-state index in [0.717, 1.165) is 11.3 Å². The van der Waals surface area contributed by atoms with Gasteiger partial charge in [0.05, 0.1) is 17.7 Å². The Kier molecular flexibility index (Phi) is 6.10. The number of ether oxygens (including phenoxy) is 1. The van der Waals surface area contributed by atoms with Crippen LogP contribution in [0, 0.1) is 0 Å². The van der Waals surface area contributed by atoms with E-state index in [2.05, 4.69) is 10.9 Å². The van der Waals surface area contributed by atoms with E-state index in [9.17, 15) is 9.59 Å². The highest BCUT2D eigenvalue weighted by atomic mass is 32.2. The maximum atomic E-state index is 12.6. The summed E-state index contributed by atoms with van der Waals surface area (Å²) in [6.45, 7) is -0.153. The quantitative estimate of drug-likeness (QED) is 0.442. The third kappa shape index (κ3) is 4.87. The molecule has 6 nitrogen and oxygen atoms in total. The zero-order chi connectivity index (χ0) is 19.2. The minimum absolute atomic E-state index is 0.153. The van der Waals surface area contributed by atoms with Crippen LogP contribution in [0.3, 0.4) is 0 Å². The molecule has 0 spiro atoms. The number of hydrogen-bond acceptors (Lipinski definition) is 6. The summed E-state index contributed by atoms with van der Waals surface area (Å²) in [5, 5.41) is 0. The standard InChI is InChI=1S/C19H17N3O3S2/c1-25-15-9-5-6-13(10-15)11-16-18(24)22(19(26)27-16)12-17(23)21-20-14-7-3-2-4-8-14/h2-11,20H,12H2,1H3,(H,21,23). The van der Waals surface area contributed by atoms with Crippen molar-refractivity contribution in [1.82, 2.24) is 10.3 Å². The van der Waals surface area contributed by atoms with Crippen LogP contribution in [0.15, 0.2) is 59.5 Å². The smallest absolute Gasteiger partial charge is 0.266 e. The van der Waals surface area contributed by atoms with E-state index in [4.69, 9.17) is 17.0 Å². The zero-order valence-electron chi connectivity index (χ0n) is 14.5. The summed E-state index contributed by atoms with van der Waals surface area (Å²) in [6.07, 6.45) is 1.74. The number of nitrogens with one attached hydrogen (secondary N) is 2. The molecule has 1 fully saturated rings. The van der Waals surface area contributed by atoms with E-state index in [1.165, 1.54) is 16.7 Å². The number of hydrogen-bond donors (Lipinski definition) is 2. The fourth-order valence-corrected chi connectivity index (χ4v) is 3.62. The van der Waals surface area contributed by atoms with Gasteiger partial charge in [0, 0.05) is 0 Å². The number of amides is 2. The molecule has 2 aromatic carbocycles. The summed E-state index contributed by atoms with van der Waals surface area (Å²) in [5.74, 6) is 0.0473. The van der Waals surface area contributed by atoms with Gasteiger partial charge in [0.2, 0.25) is 0 Å². The van der Waals surface area contributed by atoms with Crippen molar-refractivity contribution < 1.29 is 14.3 Å². The SMILES string of the molecule is COc1cccc(C=C2SC(=S)N(CC(=O)NNc3ccccc3)C2=O)c1. The number of nitrogens with zero attached hydrogens (tertiary/aromatic N) is 1. The van der Waals surface area contributed by atoms with Gasteiger partial charge in [0.15, 0.2) is 0 Å². The van der Waals surface area contributed by atoms with Crippen molar-refractivity contribution in [1.29, 1.82) is 0 Å². The Labute approximate surface area is 166 Å². The molecule has 0 radical (unpaired) electrons. The summed E-state index contributed by atoms with van der Waals surface area (Å²) >= 11 is 6.43. The number of thioether (sulfide) groups is 1. The maximum absolute atomic E-state index is 12.6. The molecule has 1 aliphatic rings. The number of benzene rings is 2. The fourth-order valence-electron chi connectivity index (χ4n) is 2.37. The molecule has 2 aromatic rings. The highest BCUT2D eigenvalue weighted by Gasteiger charge is 2.33. The molecular formula is C19H17N3O3S2. The largest absolute Gasteiger partial charge is 0.497 e. The Morgan fingerprint density at radius 2 is 2.00 bits per heavy atom. The molecule has 1 saturated heterocycles. The van der Waals surface area contributed by atoms with Gasteiger partial charge in [-0.2, -0.15) is 0 Å². The van der Waals surface area contributed by atoms with Crippen molar-refractivity contribution in [2.24, 2.45) is 0 Å². The molecule has 0 bridgehead atoms. The number of thiocarbonyl (C=S) groups is 1. The number of rotatable bonds is 6. The van der Waals surface area contributed by atoms with Crippen LogP contribution in [0.4, 0.5) is 5.69 Å². The van der Waals surface area contributed by atoms with E-state index in [1.807, 2.05) is 54.6 Å². The lowest BCUT2D eigenvalue weighted by Gasteiger charge is -2.15. The van der Waals surface area contributed by atoms with E-state index in [-0.39, 0.29) is 18.4 Å². The first-order valence-electron chi connectivity index (χ1n) is 8.06. The van der Waals surface area contributed by atoms with Crippen LogP contribution in [0.5, 0.6) is 5.75 Å². The van der Waals surface area contributed by atoms with Crippen molar-refractivity contribution in [3.05, 3.63) is 65.1 Å². The van der Waals surface area contributed by atoms with E-state index in [1.54, 1.807) is 13.2 Å². The van der Waals surface area contributed by atoms with Crippen molar-refractivity contribution in [3.63, 3.8) is 0 Å². The van der Waals surface area contributed by atoms with Gasteiger partial charge in [-0.3, -0.25) is 25.3 Å². The number of para-hydroxylation sites is 1. The van der Waals surface area contributed by atoms with E-state index < -0.39 is 0 Å². The molecule has 27 heavy (non-hydrogen) atoms. The molecule has 1 aliphatic heterocycles. The van der Waals surface area contributed by atoms with Crippen LogP contribution in [0.1, 0.15) is 5.56 Å². The van der Waals surface area contributed by atoms with Crippen molar-refractivity contribution >= 4 is 51.9 Å². The highest BCUT2D eigenvalue weighted by Crippen LogP contribution is 2.32. The lowest BCUT2D eigenvalue weighted by molar-refractivity contribution is -0.128. The Bertz CT molecular complexity index is 900. The second kappa shape index (κ2) is 8.70. The van der Waals surface area contributed by atoms with Crippen molar-refractivity contribution in [2.75, 3.05) is 19.1 Å². The Hall–Kier alpha value is -2.84. The Balaban J connectivity index is 1.63. The number of carbonyl (C=O) groups is 2. The first-order valence-corrected chi connectivity index (χ1v) is 9.28. The third-order valence-electron chi connectivity index (χ3n) is 3.69. The molecule has 3 rings (SSSR count). The molecule has 0 unspecified atom stereocenters. The summed E-state index contributed by atoms with van der Waals surface area (Å²) in [4.78, 5) is 26.5. The van der Waals surface area contributed by atoms with Gasteiger partial charge in [-0.15, -0.1) is 0 Å². The predicted octanol–water partition coefficient (Wildman–Crippen LogP) is 3.04. The number of methoxy groups -OCH3 is 1. The molecule has 0 aliphatic carbocycles.